The van der Waals surface area contributed by atoms with E-state index >= 15 is 0 Å². The molecular formula is C21H12BrNO4. The number of benzene rings is 3. The summed E-state index contributed by atoms with van der Waals surface area (Å²) in [6.45, 7) is 0. The normalized spacial score (nSPS) is 9.93. The number of nitriles is 1. The highest BCUT2D eigenvalue weighted by Crippen LogP contribution is 2.31. The molecule has 0 atom stereocenters. The van der Waals surface area contributed by atoms with Gasteiger partial charge in [0.2, 0.25) is 0 Å². The minimum absolute atomic E-state index is 0.303. The number of nitrogens with zero attached hydrogens (tertiary/aromatic N) is 1. The molecule has 3 aromatic carbocycles. The van der Waals surface area contributed by atoms with Gasteiger partial charge >= 0.3 is 0 Å². The first-order valence-corrected chi connectivity index (χ1v) is 8.62. The number of hydrogen-bond acceptors (Lipinski definition) is 5. The average Bonchev–Trinajstić information content (AvgIpc) is 2.71. The van der Waals surface area contributed by atoms with Crippen molar-refractivity contribution in [3.05, 3.63) is 81.8 Å². The Labute approximate surface area is 163 Å². The quantitative estimate of drug-likeness (QED) is 0.488. The number of carbonyl (C=O) groups is 2. The molecule has 0 fully saturated rings. The van der Waals surface area contributed by atoms with E-state index in [1.807, 2.05) is 6.07 Å². The molecule has 6 heteroatoms. The van der Waals surface area contributed by atoms with Crippen molar-refractivity contribution in [1.29, 1.82) is 5.26 Å². The van der Waals surface area contributed by atoms with Crippen molar-refractivity contribution in [2.75, 3.05) is 0 Å². The van der Waals surface area contributed by atoms with E-state index in [4.69, 9.17) is 14.7 Å². The number of carbonyl (C=O) groups excluding carboxylic acids is 2. The zero-order chi connectivity index (χ0) is 19.2. The van der Waals surface area contributed by atoms with Crippen LogP contribution in [0.3, 0.4) is 0 Å². The van der Waals surface area contributed by atoms with Crippen LogP contribution in [0.5, 0.6) is 23.0 Å². The van der Waals surface area contributed by atoms with Gasteiger partial charge in [0, 0.05) is 10.0 Å². The summed E-state index contributed by atoms with van der Waals surface area (Å²) in [5, 5.41) is 8.82. The molecule has 0 saturated heterocycles. The molecule has 0 saturated carbocycles. The summed E-state index contributed by atoms with van der Waals surface area (Å²) in [6, 6.07) is 18.5. The maximum absolute atomic E-state index is 11.4. The molecule has 0 amide bonds. The van der Waals surface area contributed by atoms with Gasteiger partial charge in [0.25, 0.3) is 0 Å². The molecule has 0 N–H and O–H groups in total. The van der Waals surface area contributed by atoms with Crippen molar-refractivity contribution >= 4 is 28.5 Å². The second-order valence-corrected chi connectivity index (χ2v) is 6.31. The van der Waals surface area contributed by atoms with Gasteiger partial charge in [0.1, 0.15) is 23.0 Å². The van der Waals surface area contributed by atoms with Gasteiger partial charge in [0.15, 0.2) is 12.6 Å². The molecule has 3 aromatic rings. The minimum Gasteiger partial charge on any atom is -0.457 e. The summed E-state index contributed by atoms with van der Waals surface area (Å²) in [7, 11) is 0. The third kappa shape index (κ3) is 4.40. The van der Waals surface area contributed by atoms with Crippen LogP contribution in [0, 0.1) is 11.3 Å². The van der Waals surface area contributed by atoms with E-state index in [2.05, 4.69) is 15.9 Å². The van der Waals surface area contributed by atoms with E-state index < -0.39 is 0 Å². The summed E-state index contributed by atoms with van der Waals surface area (Å²) >= 11 is 3.28. The van der Waals surface area contributed by atoms with Crippen molar-refractivity contribution in [3.63, 3.8) is 0 Å². The maximum Gasteiger partial charge on any atom is 0.153 e. The molecule has 0 radical (unpaired) electrons. The van der Waals surface area contributed by atoms with Crippen LogP contribution in [0.4, 0.5) is 0 Å². The number of halogens is 1. The maximum atomic E-state index is 11.4. The predicted molar refractivity (Wildman–Crippen MR) is 103 cm³/mol. The Bertz CT molecular complexity index is 1040. The molecule has 0 unspecified atom stereocenters. The zero-order valence-electron chi connectivity index (χ0n) is 13.9. The van der Waals surface area contributed by atoms with Crippen LogP contribution in [0.25, 0.3) is 0 Å². The van der Waals surface area contributed by atoms with Gasteiger partial charge in [-0.05, 0) is 60.7 Å². The fraction of sp³-hybridized carbons (Fsp3) is 0. The molecule has 0 aliphatic carbocycles. The van der Waals surface area contributed by atoms with E-state index in [9.17, 15) is 9.59 Å². The van der Waals surface area contributed by atoms with Crippen LogP contribution >= 0.6 is 15.9 Å². The SMILES string of the molecule is N#Cc1ccc(Oc2ccc(Oc3ccc(Br)c(C=O)c3)c(C=O)c2)cc1. The standard InChI is InChI=1S/C21H12BrNO4/c22-20-7-5-19(9-15(20)12-24)27-21-8-6-18(10-16(21)13-25)26-17-3-1-14(11-23)2-4-17/h1-10,12-13H. The summed E-state index contributed by atoms with van der Waals surface area (Å²) in [5.74, 6) is 1.78. The molecule has 0 aromatic heterocycles. The Balaban J connectivity index is 1.82. The monoisotopic (exact) mass is 421 g/mol. The number of aldehydes is 2. The molecule has 3 rings (SSSR count). The lowest BCUT2D eigenvalue weighted by atomic mass is 10.2. The molecule has 0 aliphatic rings. The second-order valence-electron chi connectivity index (χ2n) is 5.46. The molecule has 0 heterocycles. The summed E-state index contributed by atoms with van der Waals surface area (Å²) in [6.07, 6.45) is 1.38. The number of hydrogen-bond donors (Lipinski definition) is 0. The van der Waals surface area contributed by atoms with Crippen molar-refractivity contribution in [3.8, 4) is 29.1 Å². The lowest BCUT2D eigenvalue weighted by Gasteiger charge is -2.11. The van der Waals surface area contributed by atoms with Crippen molar-refractivity contribution in [2.45, 2.75) is 0 Å². The third-order valence-corrected chi connectivity index (χ3v) is 4.37. The molecule has 0 spiro atoms. The Morgan fingerprint density at radius 3 is 2.04 bits per heavy atom. The molecule has 0 aliphatic heterocycles. The van der Waals surface area contributed by atoms with Gasteiger partial charge < -0.3 is 9.47 Å². The Kier molecular flexibility index (Phi) is 5.64. The van der Waals surface area contributed by atoms with E-state index in [-0.39, 0.29) is 0 Å². The van der Waals surface area contributed by atoms with E-state index in [1.165, 1.54) is 0 Å². The highest BCUT2D eigenvalue weighted by molar-refractivity contribution is 9.10. The minimum atomic E-state index is 0.303. The second kappa shape index (κ2) is 8.30. The van der Waals surface area contributed by atoms with Crippen molar-refractivity contribution in [1.82, 2.24) is 0 Å². The fourth-order valence-corrected chi connectivity index (χ4v) is 2.65. The summed E-state index contributed by atoms with van der Waals surface area (Å²) < 4.78 is 12.1. The summed E-state index contributed by atoms with van der Waals surface area (Å²) in [4.78, 5) is 22.5. The third-order valence-electron chi connectivity index (χ3n) is 3.65. The topological polar surface area (TPSA) is 76.4 Å². The highest BCUT2D eigenvalue weighted by atomic mass is 79.9. The number of ether oxygens (including phenoxy) is 2. The van der Waals surface area contributed by atoms with E-state index in [0.29, 0.717) is 56.7 Å². The molecular weight excluding hydrogens is 410 g/mol. The zero-order valence-corrected chi connectivity index (χ0v) is 15.5. The highest BCUT2D eigenvalue weighted by Gasteiger charge is 2.09. The van der Waals surface area contributed by atoms with Gasteiger partial charge in [-0.2, -0.15) is 5.26 Å². The summed E-state index contributed by atoms with van der Waals surface area (Å²) in [5.41, 5.74) is 1.28. The lowest BCUT2D eigenvalue weighted by molar-refractivity contribution is 0.111. The van der Waals surface area contributed by atoms with Gasteiger partial charge in [-0.25, -0.2) is 0 Å². The van der Waals surface area contributed by atoms with Crippen LogP contribution in [0.1, 0.15) is 26.3 Å². The van der Waals surface area contributed by atoms with Gasteiger partial charge in [-0.1, -0.05) is 15.9 Å². The van der Waals surface area contributed by atoms with Crippen molar-refractivity contribution in [2.24, 2.45) is 0 Å². The van der Waals surface area contributed by atoms with Crippen LogP contribution in [0.2, 0.25) is 0 Å². The fourth-order valence-electron chi connectivity index (χ4n) is 2.31. The average molecular weight is 422 g/mol. The lowest BCUT2D eigenvalue weighted by Crippen LogP contribution is -1.93. The molecule has 132 valence electrons. The first-order chi connectivity index (χ1) is 13.1. The van der Waals surface area contributed by atoms with Crippen LogP contribution in [-0.2, 0) is 0 Å². The largest absolute Gasteiger partial charge is 0.457 e. The Hall–Kier alpha value is -3.43. The van der Waals surface area contributed by atoms with Gasteiger partial charge in [-0.15, -0.1) is 0 Å². The van der Waals surface area contributed by atoms with Crippen LogP contribution < -0.4 is 9.47 Å². The molecule has 27 heavy (non-hydrogen) atoms. The van der Waals surface area contributed by atoms with E-state index in [0.717, 1.165) is 0 Å². The van der Waals surface area contributed by atoms with Gasteiger partial charge in [-0.3, -0.25) is 9.59 Å². The van der Waals surface area contributed by atoms with Gasteiger partial charge in [0.05, 0.1) is 17.2 Å². The first-order valence-electron chi connectivity index (χ1n) is 7.83. The first kappa shape index (κ1) is 18.4. The van der Waals surface area contributed by atoms with Crippen LogP contribution in [0.15, 0.2) is 65.1 Å². The Morgan fingerprint density at radius 2 is 1.37 bits per heavy atom. The smallest absolute Gasteiger partial charge is 0.153 e. The molecule has 5 nitrogen and oxygen atoms in total. The molecule has 0 bridgehead atoms. The predicted octanol–water partition coefficient (Wildman–Crippen LogP) is 5.53. The Morgan fingerprint density at radius 1 is 0.778 bits per heavy atom. The van der Waals surface area contributed by atoms with Crippen molar-refractivity contribution < 1.29 is 19.1 Å². The number of rotatable bonds is 6. The van der Waals surface area contributed by atoms with E-state index in [1.54, 1.807) is 60.7 Å². The van der Waals surface area contributed by atoms with Crippen LogP contribution in [-0.4, -0.2) is 12.6 Å².